The molecule has 4 unspecified atom stereocenters. The molecule has 8 heteroatoms. The van der Waals surface area contributed by atoms with Gasteiger partial charge in [0.25, 0.3) is 0 Å². The molecule has 0 amide bonds. The van der Waals surface area contributed by atoms with Crippen molar-refractivity contribution >= 4 is 0 Å². The largest absolute Gasteiger partial charge is 0.396 e. The number of aliphatic hydroxyl groups excluding tert-OH is 6. The van der Waals surface area contributed by atoms with Gasteiger partial charge in [-0.15, -0.1) is 0 Å². The van der Waals surface area contributed by atoms with Crippen molar-refractivity contribution in [3.05, 3.63) is 23.8 Å². The summed E-state index contributed by atoms with van der Waals surface area (Å²) < 4.78 is 0. The van der Waals surface area contributed by atoms with Crippen molar-refractivity contribution in [3.63, 3.8) is 0 Å². The molecular formula is C12H20N2O6. The Morgan fingerprint density at radius 2 is 1.10 bits per heavy atom. The predicted molar refractivity (Wildman–Crippen MR) is 67.4 cm³/mol. The van der Waals surface area contributed by atoms with Crippen LogP contribution in [-0.2, 0) is 0 Å². The number of aromatic nitrogens is 2. The third-order valence-corrected chi connectivity index (χ3v) is 2.88. The van der Waals surface area contributed by atoms with Gasteiger partial charge in [0.15, 0.2) is 0 Å². The minimum atomic E-state index is -1.29. The molecule has 1 rings (SSSR count). The molecule has 4 atom stereocenters. The van der Waals surface area contributed by atoms with Gasteiger partial charge in [-0.05, 0) is 12.8 Å². The maximum Gasteiger partial charge on any atom is 0.123 e. The van der Waals surface area contributed by atoms with Crippen molar-refractivity contribution in [2.24, 2.45) is 0 Å². The molecule has 0 aliphatic carbocycles. The number of rotatable bonds is 8. The van der Waals surface area contributed by atoms with Crippen LogP contribution >= 0.6 is 0 Å². The summed E-state index contributed by atoms with van der Waals surface area (Å²) in [7, 11) is 0. The van der Waals surface area contributed by atoms with Crippen LogP contribution in [0.1, 0.15) is 36.4 Å². The molecule has 0 saturated carbocycles. The zero-order chi connectivity index (χ0) is 15.1. The maximum absolute atomic E-state index is 9.73. The summed E-state index contributed by atoms with van der Waals surface area (Å²) >= 11 is 0. The van der Waals surface area contributed by atoms with Crippen molar-refractivity contribution in [2.45, 2.75) is 37.3 Å². The van der Waals surface area contributed by atoms with Crippen LogP contribution in [0.3, 0.4) is 0 Å². The summed E-state index contributed by atoms with van der Waals surface area (Å²) in [6.45, 7) is -0.536. The van der Waals surface area contributed by atoms with Gasteiger partial charge in [-0.2, -0.15) is 0 Å². The second-order valence-corrected chi connectivity index (χ2v) is 4.42. The summed E-state index contributed by atoms with van der Waals surface area (Å²) in [5, 5.41) is 55.8. The fraction of sp³-hybridized carbons (Fsp3) is 0.667. The highest BCUT2D eigenvalue weighted by molar-refractivity contribution is 5.09. The van der Waals surface area contributed by atoms with Crippen molar-refractivity contribution in [1.29, 1.82) is 0 Å². The van der Waals surface area contributed by atoms with E-state index in [9.17, 15) is 20.4 Å². The van der Waals surface area contributed by atoms with Crippen LogP contribution in [0.4, 0.5) is 0 Å². The lowest BCUT2D eigenvalue weighted by Gasteiger charge is -2.18. The fourth-order valence-electron chi connectivity index (χ4n) is 1.63. The minimum absolute atomic E-state index is 0.00242. The number of nitrogens with zero attached hydrogens (tertiary/aromatic N) is 2. The molecule has 1 heterocycles. The van der Waals surface area contributed by atoms with E-state index in [1.807, 2.05) is 0 Å². The smallest absolute Gasteiger partial charge is 0.123 e. The normalized spacial score (nSPS) is 17.5. The Bertz CT molecular complexity index is 351. The molecule has 1 aromatic heterocycles. The van der Waals surface area contributed by atoms with E-state index < -0.39 is 24.4 Å². The molecule has 114 valence electrons. The van der Waals surface area contributed by atoms with E-state index in [1.165, 1.54) is 12.4 Å². The molecular weight excluding hydrogens is 268 g/mol. The van der Waals surface area contributed by atoms with Gasteiger partial charge in [0.1, 0.15) is 12.2 Å². The standard InChI is InChI=1S/C12H20N2O6/c15-3-1-9(17)11(19)7-5-14-8(6-13-7)12(20)10(18)2-4-16/h5-6,9-12,15-20H,1-4H2. The van der Waals surface area contributed by atoms with E-state index in [1.54, 1.807) is 0 Å². The highest BCUT2D eigenvalue weighted by Gasteiger charge is 2.22. The Kier molecular flexibility index (Phi) is 6.93. The fourth-order valence-corrected chi connectivity index (χ4v) is 1.63. The van der Waals surface area contributed by atoms with Gasteiger partial charge >= 0.3 is 0 Å². The van der Waals surface area contributed by atoms with Crippen molar-refractivity contribution in [1.82, 2.24) is 9.97 Å². The summed E-state index contributed by atoms with van der Waals surface area (Å²) in [6, 6.07) is 0. The molecule has 0 radical (unpaired) electrons. The topological polar surface area (TPSA) is 147 Å². The van der Waals surface area contributed by atoms with Crippen LogP contribution in [-0.4, -0.2) is 66.0 Å². The minimum Gasteiger partial charge on any atom is -0.396 e. The Morgan fingerprint density at radius 1 is 0.750 bits per heavy atom. The summed E-state index contributed by atoms with van der Waals surface area (Å²) in [5.74, 6) is 0. The average molecular weight is 288 g/mol. The molecule has 0 aliphatic heterocycles. The van der Waals surface area contributed by atoms with E-state index in [2.05, 4.69) is 9.97 Å². The maximum atomic E-state index is 9.73. The van der Waals surface area contributed by atoms with Crippen LogP contribution in [0.5, 0.6) is 0 Å². The lowest BCUT2D eigenvalue weighted by atomic mass is 10.1. The highest BCUT2D eigenvalue weighted by atomic mass is 16.3. The molecule has 0 fully saturated rings. The van der Waals surface area contributed by atoms with Crippen molar-refractivity contribution in [2.75, 3.05) is 13.2 Å². The summed E-state index contributed by atoms with van der Waals surface area (Å²) in [5.41, 5.74) is 0.192. The molecule has 0 bridgehead atoms. The second kappa shape index (κ2) is 8.20. The van der Waals surface area contributed by atoms with Crippen LogP contribution in [0, 0.1) is 0 Å². The van der Waals surface area contributed by atoms with Crippen LogP contribution in [0.25, 0.3) is 0 Å². The SMILES string of the molecule is OCCC(O)C(O)c1cnc(C(O)C(O)CCO)cn1. The monoisotopic (exact) mass is 288 g/mol. The lowest BCUT2D eigenvalue weighted by Crippen LogP contribution is -2.23. The molecule has 1 aromatic rings. The zero-order valence-corrected chi connectivity index (χ0v) is 10.9. The lowest BCUT2D eigenvalue weighted by molar-refractivity contribution is -0.00149. The Morgan fingerprint density at radius 3 is 1.35 bits per heavy atom. The first-order valence-corrected chi connectivity index (χ1v) is 6.27. The van der Waals surface area contributed by atoms with Gasteiger partial charge in [0.2, 0.25) is 0 Å². The zero-order valence-electron chi connectivity index (χ0n) is 10.9. The molecule has 0 aliphatic rings. The van der Waals surface area contributed by atoms with Gasteiger partial charge in [-0.3, -0.25) is 9.97 Å². The van der Waals surface area contributed by atoms with E-state index in [4.69, 9.17) is 10.2 Å². The molecule has 20 heavy (non-hydrogen) atoms. The first kappa shape index (κ1) is 16.9. The van der Waals surface area contributed by atoms with E-state index in [0.717, 1.165) is 0 Å². The quantitative estimate of drug-likeness (QED) is 0.323. The summed E-state index contributed by atoms with van der Waals surface area (Å²) in [6.07, 6.45) is -2.54. The predicted octanol–water partition coefficient (Wildman–Crippen LogP) is -1.97. The van der Waals surface area contributed by atoms with E-state index >= 15 is 0 Å². The van der Waals surface area contributed by atoms with Gasteiger partial charge in [-0.25, -0.2) is 0 Å². The number of hydrogen-bond acceptors (Lipinski definition) is 8. The van der Waals surface area contributed by atoms with Gasteiger partial charge in [-0.1, -0.05) is 0 Å². The van der Waals surface area contributed by atoms with E-state index in [-0.39, 0.29) is 37.4 Å². The first-order valence-electron chi connectivity index (χ1n) is 6.27. The average Bonchev–Trinajstić information content (AvgIpc) is 2.46. The van der Waals surface area contributed by atoms with Crippen molar-refractivity contribution < 1.29 is 30.6 Å². The van der Waals surface area contributed by atoms with E-state index in [0.29, 0.717) is 0 Å². The highest BCUT2D eigenvalue weighted by Crippen LogP contribution is 2.19. The molecule has 8 nitrogen and oxygen atoms in total. The molecule has 6 N–H and O–H groups in total. The van der Waals surface area contributed by atoms with Crippen LogP contribution in [0.2, 0.25) is 0 Å². The Labute approximate surface area is 116 Å². The Balaban J connectivity index is 2.73. The van der Waals surface area contributed by atoms with Crippen LogP contribution in [0.15, 0.2) is 12.4 Å². The molecule has 0 saturated heterocycles. The summed E-state index contributed by atoms with van der Waals surface area (Å²) in [4.78, 5) is 7.72. The number of hydrogen-bond donors (Lipinski definition) is 6. The molecule has 0 spiro atoms. The Hall–Kier alpha value is -1.16. The van der Waals surface area contributed by atoms with Crippen LogP contribution < -0.4 is 0 Å². The van der Waals surface area contributed by atoms with Gasteiger partial charge in [0, 0.05) is 13.2 Å². The number of aliphatic hydroxyl groups is 6. The third-order valence-electron chi connectivity index (χ3n) is 2.88. The second-order valence-electron chi connectivity index (χ2n) is 4.42. The third kappa shape index (κ3) is 4.44. The molecule has 0 aromatic carbocycles. The first-order chi connectivity index (χ1) is 9.51. The van der Waals surface area contributed by atoms with Crippen molar-refractivity contribution in [3.8, 4) is 0 Å². The van der Waals surface area contributed by atoms with Gasteiger partial charge < -0.3 is 30.6 Å². The van der Waals surface area contributed by atoms with Gasteiger partial charge in [0.05, 0.1) is 36.0 Å².